The molecule has 7 heteroatoms. The Balaban J connectivity index is 2.32. The number of alkyl halides is 4. The number of amides is 1. The molecule has 1 saturated heterocycles. The molecular formula is C14H14BrClF3NO. The number of hydrogen-bond acceptors (Lipinski definition) is 1. The van der Waals surface area contributed by atoms with Crippen LogP contribution in [-0.2, 0) is 6.18 Å². The van der Waals surface area contributed by atoms with E-state index in [0.29, 0.717) is 24.0 Å². The molecular weight excluding hydrogens is 371 g/mol. The van der Waals surface area contributed by atoms with Crippen molar-refractivity contribution in [2.75, 3.05) is 13.1 Å². The third-order valence-corrected chi connectivity index (χ3v) is 4.75. The molecule has 1 amide bonds. The lowest BCUT2D eigenvalue weighted by molar-refractivity contribution is -0.138. The van der Waals surface area contributed by atoms with E-state index >= 15 is 0 Å². The number of rotatable bonds is 1. The molecule has 0 radical (unpaired) electrons. The zero-order chi connectivity index (χ0) is 15.8. The largest absolute Gasteiger partial charge is 0.417 e. The van der Waals surface area contributed by atoms with Gasteiger partial charge >= 0.3 is 6.18 Å². The third kappa shape index (κ3) is 3.72. The van der Waals surface area contributed by atoms with Gasteiger partial charge in [-0.05, 0) is 30.5 Å². The van der Waals surface area contributed by atoms with Crippen molar-refractivity contribution >= 4 is 33.4 Å². The molecule has 0 saturated carbocycles. The summed E-state index contributed by atoms with van der Waals surface area (Å²) >= 11 is 9.09. The summed E-state index contributed by atoms with van der Waals surface area (Å²) in [7, 11) is 0. The summed E-state index contributed by atoms with van der Waals surface area (Å²) in [6.07, 6.45) is -3.97. The minimum Gasteiger partial charge on any atom is -0.338 e. The molecule has 2 unspecified atom stereocenters. The smallest absolute Gasteiger partial charge is 0.338 e. The summed E-state index contributed by atoms with van der Waals surface area (Å²) in [5.74, 6) is -0.528. The van der Waals surface area contributed by atoms with Crippen LogP contribution >= 0.6 is 27.5 Å². The van der Waals surface area contributed by atoms with Crippen molar-refractivity contribution in [1.29, 1.82) is 0 Å². The first-order valence-corrected chi connectivity index (χ1v) is 7.73. The lowest BCUT2D eigenvalue weighted by Gasteiger charge is -2.34. The highest BCUT2D eigenvalue weighted by Gasteiger charge is 2.37. The van der Waals surface area contributed by atoms with E-state index in [0.717, 1.165) is 6.07 Å². The van der Waals surface area contributed by atoms with Crippen LogP contribution in [0.3, 0.4) is 0 Å². The molecule has 0 spiro atoms. The van der Waals surface area contributed by atoms with Gasteiger partial charge in [0.2, 0.25) is 0 Å². The Morgan fingerprint density at radius 2 is 2.10 bits per heavy atom. The Labute approximate surface area is 134 Å². The number of carbonyl (C=O) groups excluding carboxylic acids is 1. The van der Waals surface area contributed by atoms with Crippen molar-refractivity contribution in [1.82, 2.24) is 4.90 Å². The first kappa shape index (κ1) is 16.6. The third-order valence-electron chi connectivity index (χ3n) is 3.61. The minimum atomic E-state index is -4.56. The SMILES string of the molecule is CC1CN(C(=O)c2ccc(Br)cc2C(F)(F)F)CCC1Cl. The highest BCUT2D eigenvalue weighted by molar-refractivity contribution is 9.10. The molecule has 0 aromatic heterocycles. The number of benzene rings is 1. The van der Waals surface area contributed by atoms with Crippen LogP contribution in [0, 0.1) is 5.92 Å². The summed E-state index contributed by atoms with van der Waals surface area (Å²) in [4.78, 5) is 13.8. The lowest BCUT2D eigenvalue weighted by Crippen LogP contribution is -2.43. The second-order valence-corrected chi connectivity index (χ2v) is 6.70. The fourth-order valence-electron chi connectivity index (χ4n) is 2.41. The van der Waals surface area contributed by atoms with Gasteiger partial charge in [-0.1, -0.05) is 22.9 Å². The highest BCUT2D eigenvalue weighted by atomic mass is 79.9. The average Bonchev–Trinajstić information content (AvgIpc) is 2.40. The molecule has 1 fully saturated rings. The van der Waals surface area contributed by atoms with Gasteiger partial charge in [0, 0.05) is 22.9 Å². The molecule has 0 N–H and O–H groups in total. The van der Waals surface area contributed by atoms with E-state index in [9.17, 15) is 18.0 Å². The van der Waals surface area contributed by atoms with E-state index in [2.05, 4.69) is 15.9 Å². The van der Waals surface area contributed by atoms with Crippen LogP contribution in [0.15, 0.2) is 22.7 Å². The Morgan fingerprint density at radius 1 is 1.43 bits per heavy atom. The van der Waals surface area contributed by atoms with Crippen LogP contribution in [0.1, 0.15) is 29.3 Å². The zero-order valence-electron chi connectivity index (χ0n) is 11.3. The lowest BCUT2D eigenvalue weighted by atomic mass is 9.98. The Kier molecular flexibility index (Phi) is 4.88. The fraction of sp³-hybridized carbons (Fsp3) is 0.500. The first-order valence-electron chi connectivity index (χ1n) is 6.50. The molecule has 1 aliphatic rings. The summed E-state index contributed by atoms with van der Waals surface area (Å²) in [5.41, 5.74) is -1.23. The first-order chi connectivity index (χ1) is 9.70. The summed E-state index contributed by atoms with van der Waals surface area (Å²) in [6, 6.07) is 3.60. The second-order valence-electron chi connectivity index (χ2n) is 5.22. The van der Waals surface area contributed by atoms with Gasteiger partial charge in [-0.2, -0.15) is 13.2 Å². The van der Waals surface area contributed by atoms with E-state index in [1.54, 1.807) is 0 Å². The Morgan fingerprint density at radius 3 is 2.67 bits per heavy atom. The van der Waals surface area contributed by atoms with Crippen LogP contribution in [0.2, 0.25) is 0 Å². The number of carbonyl (C=O) groups is 1. The Hall–Kier alpha value is -0.750. The summed E-state index contributed by atoms with van der Waals surface area (Å²) in [5, 5.41) is -0.0407. The van der Waals surface area contributed by atoms with Crippen molar-refractivity contribution < 1.29 is 18.0 Å². The number of piperidine rings is 1. The van der Waals surface area contributed by atoms with E-state index in [4.69, 9.17) is 11.6 Å². The maximum absolute atomic E-state index is 13.1. The van der Waals surface area contributed by atoms with Crippen molar-refractivity contribution in [2.24, 2.45) is 5.92 Å². The molecule has 0 bridgehead atoms. The van der Waals surface area contributed by atoms with E-state index in [1.165, 1.54) is 17.0 Å². The van der Waals surface area contributed by atoms with Crippen LogP contribution in [0.25, 0.3) is 0 Å². The summed E-state index contributed by atoms with van der Waals surface area (Å²) < 4.78 is 39.5. The van der Waals surface area contributed by atoms with Gasteiger partial charge < -0.3 is 4.90 Å². The van der Waals surface area contributed by atoms with Gasteiger partial charge in [-0.25, -0.2) is 0 Å². The molecule has 116 valence electrons. The molecule has 1 aromatic rings. The molecule has 21 heavy (non-hydrogen) atoms. The molecule has 2 nitrogen and oxygen atoms in total. The predicted molar refractivity (Wildman–Crippen MR) is 78.5 cm³/mol. The quantitative estimate of drug-likeness (QED) is 0.650. The molecule has 2 atom stereocenters. The van der Waals surface area contributed by atoms with Gasteiger partial charge in [0.05, 0.1) is 11.1 Å². The van der Waals surface area contributed by atoms with Crippen LogP contribution < -0.4 is 0 Å². The Bertz CT molecular complexity index is 550. The van der Waals surface area contributed by atoms with E-state index < -0.39 is 17.6 Å². The number of nitrogens with zero attached hydrogens (tertiary/aromatic N) is 1. The van der Waals surface area contributed by atoms with Crippen molar-refractivity contribution in [3.05, 3.63) is 33.8 Å². The second kappa shape index (κ2) is 6.16. The minimum absolute atomic E-state index is 0.0407. The highest BCUT2D eigenvalue weighted by Crippen LogP contribution is 2.35. The van der Waals surface area contributed by atoms with Crippen LogP contribution in [0.5, 0.6) is 0 Å². The van der Waals surface area contributed by atoms with Gasteiger partial charge in [0.15, 0.2) is 0 Å². The standard InChI is InChI=1S/C14H14BrClF3NO/c1-8-7-20(5-4-12(8)16)13(21)10-3-2-9(15)6-11(10)14(17,18)19/h2-3,6,8,12H,4-5,7H2,1H3. The topological polar surface area (TPSA) is 20.3 Å². The number of halogens is 5. The predicted octanol–water partition coefficient (Wildman–Crippen LogP) is 4.56. The monoisotopic (exact) mass is 383 g/mol. The molecule has 1 heterocycles. The van der Waals surface area contributed by atoms with Gasteiger partial charge in [0.1, 0.15) is 0 Å². The summed E-state index contributed by atoms with van der Waals surface area (Å²) in [6.45, 7) is 2.65. The van der Waals surface area contributed by atoms with Crippen LogP contribution in [-0.4, -0.2) is 29.3 Å². The van der Waals surface area contributed by atoms with Crippen molar-refractivity contribution in [3.8, 4) is 0 Å². The van der Waals surface area contributed by atoms with Crippen molar-refractivity contribution in [3.63, 3.8) is 0 Å². The van der Waals surface area contributed by atoms with E-state index in [-0.39, 0.29) is 16.9 Å². The fourth-order valence-corrected chi connectivity index (χ4v) is 2.95. The molecule has 1 aliphatic heterocycles. The van der Waals surface area contributed by atoms with Gasteiger partial charge in [-0.15, -0.1) is 11.6 Å². The molecule has 1 aromatic carbocycles. The molecule has 2 rings (SSSR count). The van der Waals surface area contributed by atoms with Crippen molar-refractivity contribution in [2.45, 2.75) is 24.9 Å². The molecule has 0 aliphatic carbocycles. The van der Waals surface area contributed by atoms with Crippen LogP contribution in [0.4, 0.5) is 13.2 Å². The maximum atomic E-state index is 13.1. The van der Waals surface area contributed by atoms with E-state index in [1.807, 2.05) is 6.92 Å². The number of hydrogen-bond donors (Lipinski definition) is 0. The average molecular weight is 385 g/mol. The number of likely N-dealkylation sites (tertiary alicyclic amines) is 1. The maximum Gasteiger partial charge on any atom is 0.417 e. The van der Waals surface area contributed by atoms with Gasteiger partial charge in [0.25, 0.3) is 5.91 Å². The van der Waals surface area contributed by atoms with Gasteiger partial charge in [-0.3, -0.25) is 4.79 Å². The normalized spacial score (nSPS) is 23.2. The zero-order valence-corrected chi connectivity index (χ0v) is 13.6.